The number of aryl methyl sites for hydroxylation is 1. The topological polar surface area (TPSA) is 128 Å². The number of nitrogen functional groups attached to an aromatic ring is 1. The smallest absolute Gasteiger partial charge is 0.332 e. The van der Waals surface area contributed by atoms with Crippen LogP contribution in [0.3, 0.4) is 0 Å². The van der Waals surface area contributed by atoms with Gasteiger partial charge >= 0.3 is 5.69 Å². The zero-order chi connectivity index (χ0) is 15.3. The highest BCUT2D eigenvalue weighted by Gasteiger charge is 2.24. The minimum Gasteiger partial charge on any atom is -0.374 e. The first-order chi connectivity index (χ1) is 9.30. The zero-order valence-electron chi connectivity index (χ0n) is 12.1. The molecule has 0 amide bonds. The standard InChI is InChI=1S/C11H20N6O3/c1-5-20-11(3,4)6-13-9-8(17(18)19)7(2)14-10(15-9)16-12/h5-6,12H2,1-4H3,(H2,13,14,15,16). The molecule has 1 aromatic rings. The van der Waals surface area contributed by atoms with Crippen LogP contribution in [0.5, 0.6) is 0 Å². The predicted octanol–water partition coefficient (Wildman–Crippen LogP) is 1.21. The van der Waals surface area contributed by atoms with E-state index < -0.39 is 10.5 Å². The van der Waals surface area contributed by atoms with Crippen LogP contribution in [-0.4, -0.2) is 33.6 Å². The van der Waals surface area contributed by atoms with Crippen molar-refractivity contribution in [1.29, 1.82) is 0 Å². The van der Waals surface area contributed by atoms with Gasteiger partial charge in [-0.05, 0) is 27.7 Å². The average Bonchev–Trinajstić information content (AvgIpc) is 2.35. The highest BCUT2D eigenvalue weighted by Crippen LogP contribution is 2.26. The molecule has 0 fully saturated rings. The third-order valence-corrected chi connectivity index (χ3v) is 2.59. The van der Waals surface area contributed by atoms with Gasteiger partial charge in [-0.2, -0.15) is 4.98 Å². The normalized spacial score (nSPS) is 11.2. The molecule has 9 heteroatoms. The molecule has 20 heavy (non-hydrogen) atoms. The van der Waals surface area contributed by atoms with Gasteiger partial charge in [-0.25, -0.2) is 10.8 Å². The number of hydrogen-bond acceptors (Lipinski definition) is 8. The van der Waals surface area contributed by atoms with Gasteiger partial charge in [0.05, 0.1) is 10.5 Å². The van der Waals surface area contributed by atoms with Gasteiger partial charge < -0.3 is 10.1 Å². The molecule has 9 nitrogen and oxygen atoms in total. The number of aromatic nitrogens is 2. The summed E-state index contributed by atoms with van der Waals surface area (Å²) >= 11 is 0. The van der Waals surface area contributed by atoms with E-state index in [1.807, 2.05) is 20.8 Å². The van der Waals surface area contributed by atoms with Crippen LogP contribution in [0.4, 0.5) is 17.5 Å². The van der Waals surface area contributed by atoms with E-state index in [-0.39, 0.29) is 23.1 Å². The van der Waals surface area contributed by atoms with Gasteiger partial charge in [0.2, 0.25) is 11.8 Å². The van der Waals surface area contributed by atoms with Crippen LogP contribution in [0.1, 0.15) is 26.5 Å². The molecule has 0 spiro atoms. The first-order valence-electron chi connectivity index (χ1n) is 6.18. The Morgan fingerprint density at radius 3 is 2.60 bits per heavy atom. The summed E-state index contributed by atoms with van der Waals surface area (Å²) in [6.07, 6.45) is 0. The molecular formula is C11H20N6O3. The number of rotatable bonds is 7. The second-order valence-electron chi connectivity index (χ2n) is 4.78. The van der Waals surface area contributed by atoms with E-state index in [0.29, 0.717) is 13.2 Å². The maximum atomic E-state index is 11.1. The number of nitrogens with zero attached hydrogens (tertiary/aromatic N) is 3. The summed E-state index contributed by atoms with van der Waals surface area (Å²) in [4.78, 5) is 18.4. The number of hydrazine groups is 1. The van der Waals surface area contributed by atoms with Crippen LogP contribution in [0.2, 0.25) is 0 Å². The third-order valence-electron chi connectivity index (χ3n) is 2.59. The second-order valence-corrected chi connectivity index (χ2v) is 4.78. The lowest BCUT2D eigenvalue weighted by Crippen LogP contribution is -2.34. The Balaban J connectivity index is 3.03. The molecular weight excluding hydrogens is 264 g/mol. The van der Waals surface area contributed by atoms with E-state index in [2.05, 4.69) is 20.7 Å². The minimum absolute atomic E-state index is 0.114. The van der Waals surface area contributed by atoms with Crippen LogP contribution in [0, 0.1) is 17.0 Å². The molecule has 112 valence electrons. The summed E-state index contributed by atoms with van der Waals surface area (Å²) < 4.78 is 5.52. The van der Waals surface area contributed by atoms with E-state index >= 15 is 0 Å². The molecule has 1 heterocycles. The Morgan fingerprint density at radius 1 is 1.45 bits per heavy atom. The van der Waals surface area contributed by atoms with Crippen molar-refractivity contribution in [3.8, 4) is 0 Å². The van der Waals surface area contributed by atoms with Crippen molar-refractivity contribution >= 4 is 17.5 Å². The van der Waals surface area contributed by atoms with Crippen molar-refractivity contribution in [3.63, 3.8) is 0 Å². The summed E-state index contributed by atoms with van der Waals surface area (Å²) in [5.41, 5.74) is 1.87. The molecule has 0 saturated heterocycles. The Morgan fingerprint density at radius 2 is 2.10 bits per heavy atom. The number of nitro groups is 1. The lowest BCUT2D eigenvalue weighted by atomic mass is 10.1. The van der Waals surface area contributed by atoms with Crippen molar-refractivity contribution in [2.45, 2.75) is 33.3 Å². The van der Waals surface area contributed by atoms with Crippen LogP contribution in [0.15, 0.2) is 0 Å². The first-order valence-corrected chi connectivity index (χ1v) is 6.18. The minimum atomic E-state index is -0.522. The Labute approximate surface area is 117 Å². The Kier molecular flexibility index (Phi) is 5.17. The summed E-state index contributed by atoms with van der Waals surface area (Å²) in [5.74, 6) is 5.48. The average molecular weight is 284 g/mol. The van der Waals surface area contributed by atoms with Gasteiger partial charge in [-0.1, -0.05) is 0 Å². The van der Waals surface area contributed by atoms with Crippen LogP contribution in [0.25, 0.3) is 0 Å². The number of hydrogen-bond donors (Lipinski definition) is 3. The largest absolute Gasteiger partial charge is 0.374 e. The van der Waals surface area contributed by atoms with Crippen molar-refractivity contribution in [2.24, 2.45) is 5.84 Å². The van der Waals surface area contributed by atoms with E-state index in [1.54, 1.807) is 0 Å². The fourth-order valence-electron chi connectivity index (χ4n) is 1.71. The van der Waals surface area contributed by atoms with Gasteiger partial charge in [0.15, 0.2) is 0 Å². The van der Waals surface area contributed by atoms with Crippen molar-refractivity contribution < 1.29 is 9.66 Å². The molecule has 0 unspecified atom stereocenters. The highest BCUT2D eigenvalue weighted by atomic mass is 16.6. The Bertz CT molecular complexity index is 491. The fourth-order valence-corrected chi connectivity index (χ4v) is 1.71. The van der Waals surface area contributed by atoms with E-state index in [0.717, 1.165) is 0 Å². The summed E-state index contributed by atoms with van der Waals surface area (Å²) in [7, 11) is 0. The first kappa shape index (κ1) is 16.1. The molecule has 0 atom stereocenters. The summed E-state index contributed by atoms with van der Waals surface area (Å²) in [5, 5.41) is 14.0. The molecule has 0 aromatic carbocycles. The third kappa shape index (κ3) is 4.00. The Hall–Kier alpha value is -2.00. The summed E-state index contributed by atoms with van der Waals surface area (Å²) in [6, 6.07) is 0. The van der Waals surface area contributed by atoms with E-state index in [4.69, 9.17) is 10.6 Å². The van der Waals surface area contributed by atoms with E-state index in [9.17, 15) is 10.1 Å². The summed E-state index contributed by atoms with van der Waals surface area (Å²) in [6.45, 7) is 8.09. The van der Waals surface area contributed by atoms with Crippen molar-refractivity contribution in [3.05, 3.63) is 15.8 Å². The van der Waals surface area contributed by atoms with Gasteiger partial charge in [0, 0.05) is 13.2 Å². The molecule has 0 saturated carbocycles. The van der Waals surface area contributed by atoms with Gasteiger partial charge in [-0.15, -0.1) is 0 Å². The number of ether oxygens (including phenoxy) is 1. The number of anilines is 2. The maximum absolute atomic E-state index is 11.1. The van der Waals surface area contributed by atoms with Crippen LogP contribution < -0.4 is 16.6 Å². The lowest BCUT2D eigenvalue weighted by Gasteiger charge is -2.25. The molecule has 0 radical (unpaired) electrons. The molecule has 0 aliphatic rings. The van der Waals surface area contributed by atoms with Crippen LogP contribution in [-0.2, 0) is 4.74 Å². The van der Waals surface area contributed by atoms with Crippen molar-refractivity contribution in [1.82, 2.24) is 9.97 Å². The molecule has 1 rings (SSSR count). The molecule has 4 N–H and O–H groups in total. The number of nitrogens with two attached hydrogens (primary N) is 1. The lowest BCUT2D eigenvalue weighted by molar-refractivity contribution is -0.385. The van der Waals surface area contributed by atoms with Gasteiger partial charge in [-0.3, -0.25) is 15.5 Å². The molecule has 0 aliphatic heterocycles. The van der Waals surface area contributed by atoms with E-state index in [1.165, 1.54) is 6.92 Å². The number of nitrogens with one attached hydrogen (secondary N) is 2. The molecule has 0 aliphatic carbocycles. The quantitative estimate of drug-likeness (QED) is 0.387. The predicted molar refractivity (Wildman–Crippen MR) is 75.4 cm³/mol. The van der Waals surface area contributed by atoms with Crippen LogP contribution >= 0.6 is 0 Å². The zero-order valence-corrected chi connectivity index (χ0v) is 12.1. The monoisotopic (exact) mass is 284 g/mol. The second kappa shape index (κ2) is 6.44. The van der Waals surface area contributed by atoms with Gasteiger partial charge in [0.25, 0.3) is 0 Å². The van der Waals surface area contributed by atoms with Crippen molar-refractivity contribution in [2.75, 3.05) is 23.9 Å². The molecule has 0 bridgehead atoms. The fraction of sp³-hybridized carbons (Fsp3) is 0.636. The maximum Gasteiger partial charge on any atom is 0.332 e. The SMILES string of the molecule is CCOC(C)(C)CNc1nc(NN)nc(C)c1[N+](=O)[O-]. The molecule has 1 aromatic heterocycles. The highest BCUT2D eigenvalue weighted by molar-refractivity contribution is 5.60. The van der Waals surface area contributed by atoms with Gasteiger partial charge in [0.1, 0.15) is 5.69 Å².